The first kappa shape index (κ1) is 27.8. The third-order valence-electron chi connectivity index (χ3n) is 5.60. The Labute approximate surface area is 206 Å². The number of hydrogen-bond donors (Lipinski definition) is 3. The number of carbonyl (C=O) groups excluding carboxylic acids is 2. The second-order valence-corrected chi connectivity index (χ2v) is 9.44. The van der Waals surface area contributed by atoms with Gasteiger partial charge in [0.05, 0.1) is 6.10 Å². The van der Waals surface area contributed by atoms with Gasteiger partial charge in [-0.1, -0.05) is 18.2 Å². The minimum Gasteiger partial charge on any atom is -0.393 e. The zero-order valence-corrected chi connectivity index (χ0v) is 19.8. The topological polar surface area (TPSA) is 89.9 Å². The number of amides is 2. The third kappa shape index (κ3) is 5.32. The number of aliphatic hydroxyl groups excluding tert-OH is 1. The predicted octanol–water partition coefficient (Wildman–Crippen LogP) is 4.51. The number of alkyl halides is 6. The van der Waals surface area contributed by atoms with Crippen molar-refractivity contribution in [1.29, 1.82) is 0 Å². The normalized spacial score (nSPS) is 17.1. The number of nitrogens with zero attached hydrogens (tertiary/aromatic N) is 1. The van der Waals surface area contributed by atoms with Gasteiger partial charge in [-0.05, 0) is 42.3 Å². The summed E-state index contributed by atoms with van der Waals surface area (Å²) in [5.74, 6) is -0.698. The number of hydrogen-bond acceptors (Lipinski definition) is 5. The van der Waals surface area contributed by atoms with Gasteiger partial charge in [-0.3, -0.25) is 9.59 Å². The first-order chi connectivity index (χ1) is 16.6. The average Bonchev–Trinajstić information content (AvgIpc) is 3.15. The van der Waals surface area contributed by atoms with Gasteiger partial charge in [0.1, 0.15) is 6.04 Å². The second-order valence-electron chi connectivity index (χ2n) is 8.34. The average molecular weight is 536 g/mol. The standard InChI is InChI=1S/C23H22F6N2O4S/c1-12(32)11-36-17-7-8-18-14(9-17)10-31(13(2)33)19(18)20(34)30-16-5-3-15(4-6-16)21(35,22(24,25)26)23(27,28)29/h3-9,12,19,32,35H,10-11H2,1-2H3,(H,30,34). The molecule has 2 aromatic rings. The largest absolute Gasteiger partial charge is 0.430 e. The van der Waals surface area contributed by atoms with Crippen molar-refractivity contribution < 1.29 is 46.1 Å². The maximum absolute atomic E-state index is 13.1. The van der Waals surface area contributed by atoms with E-state index in [4.69, 9.17) is 0 Å². The molecule has 0 aromatic heterocycles. The second kappa shape index (κ2) is 9.94. The van der Waals surface area contributed by atoms with E-state index in [1.54, 1.807) is 25.1 Å². The summed E-state index contributed by atoms with van der Waals surface area (Å²) in [6.07, 6.45) is -12.6. The van der Waals surface area contributed by atoms with Gasteiger partial charge in [0.25, 0.3) is 11.5 Å². The molecule has 2 aromatic carbocycles. The molecular weight excluding hydrogens is 514 g/mol. The molecular formula is C23H22F6N2O4S. The maximum atomic E-state index is 13.1. The zero-order chi connectivity index (χ0) is 27.1. The Bertz CT molecular complexity index is 1120. The van der Waals surface area contributed by atoms with E-state index >= 15 is 0 Å². The number of aliphatic hydroxyl groups is 2. The molecule has 13 heteroatoms. The molecule has 0 saturated heterocycles. The Morgan fingerprint density at radius 3 is 2.17 bits per heavy atom. The Kier molecular flexibility index (Phi) is 7.68. The molecule has 6 nitrogen and oxygen atoms in total. The molecule has 36 heavy (non-hydrogen) atoms. The number of fused-ring (bicyclic) bond motifs is 1. The van der Waals surface area contributed by atoms with Crippen LogP contribution in [0.5, 0.6) is 0 Å². The molecule has 0 saturated carbocycles. The van der Waals surface area contributed by atoms with Gasteiger partial charge in [-0.2, -0.15) is 26.3 Å². The SMILES string of the molecule is CC(=O)N1Cc2cc(SCC(C)O)ccc2C1C(=O)Nc1ccc(C(O)(C(F)(F)F)C(F)(F)F)cc1. The number of carbonyl (C=O) groups is 2. The van der Waals surface area contributed by atoms with Crippen LogP contribution in [0.2, 0.25) is 0 Å². The number of rotatable bonds is 6. The fourth-order valence-electron chi connectivity index (χ4n) is 3.80. The number of nitrogens with one attached hydrogen (secondary N) is 1. The van der Waals surface area contributed by atoms with Crippen molar-refractivity contribution >= 4 is 29.3 Å². The molecule has 0 radical (unpaired) electrons. The van der Waals surface area contributed by atoms with Gasteiger partial charge in [0.15, 0.2) is 0 Å². The Morgan fingerprint density at radius 1 is 1.08 bits per heavy atom. The molecule has 1 heterocycles. The monoisotopic (exact) mass is 536 g/mol. The highest BCUT2D eigenvalue weighted by Gasteiger charge is 2.71. The summed E-state index contributed by atoms with van der Waals surface area (Å²) >= 11 is 1.39. The summed E-state index contributed by atoms with van der Waals surface area (Å²) in [6, 6.07) is 6.55. The van der Waals surface area contributed by atoms with E-state index in [1.807, 2.05) is 0 Å². The lowest BCUT2D eigenvalue weighted by Gasteiger charge is -2.32. The van der Waals surface area contributed by atoms with E-state index in [9.17, 15) is 46.1 Å². The molecule has 3 N–H and O–H groups in total. The van der Waals surface area contributed by atoms with Gasteiger partial charge in [-0.15, -0.1) is 11.8 Å². The highest BCUT2D eigenvalue weighted by molar-refractivity contribution is 7.99. The molecule has 0 fully saturated rings. The summed E-state index contributed by atoms with van der Waals surface area (Å²) < 4.78 is 78.5. The minimum atomic E-state index is -6.03. The number of benzene rings is 2. The maximum Gasteiger partial charge on any atom is 0.430 e. The summed E-state index contributed by atoms with van der Waals surface area (Å²) in [5, 5.41) is 21.4. The van der Waals surface area contributed by atoms with Crippen LogP contribution in [0.25, 0.3) is 0 Å². The van der Waals surface area contributed by atoms with Gasteiger partial charge in [-0.25, -0.2) is 0 Å². The third-order valence-corrected chi connectivity index (χ3v) is 6.83. The molecule has 196 valence electrons. The van der Waals surface area contributed by atoms with E-state index in [0.29, 0.717) is 29.0 Å². The first-order valence-corrected chi connectivity index (χ1v) is 11.5. The highest BCUT2D eigenvalue weighted by atomic mass is 32.2. The van der Waals surface area contributed by atoms with E-state index < -0.39 is 47.5 Å². The van der Waals surface area contributed by atoms with Gasteiger partial charge < -0.3 is 20.4 Å². The fourth-order valence-corrected chi connectivity index (χ4v) is 4.63. The first-order valence-electron chi connectivity index (χ1n) is 10.5. The number of anilines is 1. The lowest BCUT2D eigenvalue weighted by molar-refractivity contribution is -0.376. The van der Waals surface area contributed by atoms with Gasteiger partial charge in [0.2, 0.25) is 5.91 Å². The van der Waals surface area contributed by atoms with Crippen LogP contribution < -0.4 is 5.32 Å². The van der Waals surface area contributed by atoms with Crippen molar-refractivity contribution in [2.24, 2.45) is 0 Å². The lowest BCUT2D eigenvalue weighted by Crippen LogP contribution is -2.53. The van der Waals surface area contributed by atoms with Crippen LogP contribution >= 0.6 is 11.8 Å². The van der Waals surface area contributed by atoms with Crippen LogP contribution in [0.1, 0.15) is 36.6 Å². The fraction of sp³-hybridized carbons (Fsp3) is 0.391. The van der Waals surface area contributed by atoms with Crippen LogP contribution in [-0.2, 0) is 21.7 Å². The van der Waals surface area contributed by atoms with Gasteiger partial charge >= 0.3 is 12.4 Å². The van der Waals surface area contributed by atoms with E-state index in [2.05, 4.69) is 5.32 Å². The van der Waals surface area contributed by atoms with Crippen molar-refractivity contribution in [2.45, 2.75) is 55.4 Å². The van der Waals surface area contributed by atoms with Crippen LogP contribution in [0.4, 0.5) is 32.0 Å². The molecule has 2 unspecified atom stereocenters. The highest BCUT2D eigenvalue weighted by Crippen LogP contribution is 2.50. The smallest absolute Gasteiger partial charge is 0.393 e. The quantitative estimate of drug-likeness (QED) is 0.374. The van der Waals surface area contributed by atoms with Crippen molar-refractivity contribution in [3.8, 4) is 0 Å². The van der Waals surface area contributed by atoms with Gasteiger partial charge in [0, 0.05) is 35.4 Å². The van der Waals surface area contributed by atoms with Crippen LogP contribution in [-0.4, -0.2) is 51.1 Å². The van der Waals surface area contributed by atoms with Crippen molar-refractivity contribution in [3.63, 3.8) is 0 Å². The van der Waals surface area contributed by atoms with E-state index in [0.717, 1.165) is 17.0 Å². The van der Waals surface area contributed by atoms with Crippen LogP contribution in [0, 0.1) is 0 Å². The zero-order valence-electron chi connectivity index (χ0n) is 18.9. The van der Waals surface area contributed by atoms with E-state index in [1.165, 1.54) is 23.6 Å². The molecule has 1 aliphatic heterocycles. The summed E-state index contributed by atoms with van der Waals surface area (Å²) in [7, 11) is 0. The Morgan fingerprint density at radius 2 is 1.67 bits per heavy atom. The lowest BCUT2D eigenvalue weighted by atomic mass is 9.92. The van der Waals surface area contributed by atoms with Crippen LogP contribution in [0.3, 0.4) is 0 Å². The molecule has 0 bridgehead atoms. The summed E-state index contributed by atoms with van der Waals surface area (Å²) in [5.41, 5.74) is -5.46. The Hall–Kier alpha value is -2.77. The molecule has 2 amide bonds. The summed E-state index contributed by atoms with van der Waals surface area (Å²) in [4.78, 5) is 27.3. The minimum absolute atomic E-state index is 0.120. The summed E-state index contributed by atoms with van der Waals surface area (Å²) in [6.45, 7) is 3.02. The molecule has 2 atom stereocenters. The van der Waals surface area contributed by atoms with Crippen molar-refractivity contribution in [2.75, 3.05) is 11.1 Å². The van der Waals surface area contributed by atoms with Crippen molar-refractivity contribution in [3.05, 3.63) is 59.2 Å². The van der Waals surface area contributed by atoms with E-state index in [-0.39, 0.29) is 12.2 Å². The predicted molar refractivity (Wildman–Crippen MR) is 119 cm³/mol. The number of thioether (sulfide) groups is 1. The molecule has 0 spiro atoms. The van der Waals surface area contributed by atoms with Crippen LogP contribution in [0.15, 0.2) is 47.4 Å². The molecule has 1 aliphatic rings. The van der Waals surface area contributed by atoms with Crippen molar-refractivity contribution in [1.82, 2.24) is 4.90 Å². The number of halogens is 6. The molecule has 3 rings (SSSR count). The molecule has 0 aliphatic carbocycles. The Balaban J connectivity index is 1.85.